The summed E-state index contributed by atoms with van der Waals surface area (Å²) in [4.78, 5) is 27.2. The number of ether oxygens (including phenoxy) is 2. The monoisotopic (exact) mass is 312 g/mol. The molecule has 0 bridgehead atoms. The summed E-state index contributed by atoms with van der Waals surface area (Å²) in [6, 6.07) is 10.0. The van der Waals surface area contributed by atoms with Crippen LogP contribution in [0.2, 0.25) is 0 Å². The molecule has 1 aromatic heterocycles. The van der Waals surface area contributed by atoms with E-state index in [1.807, 2.05) is 6.07 Å². The second kappa shape index (κ2) is 6.91. The molecule has 0 fully saturated rings. The van der Waals surface area contributed by atoms with Crippen molar-refractivity contribution in [2.75, 3.05) is 13.2 Å². The van der Waals surface area contributed by atoms with Gasteiger partial charge in [-0.15, -0.1) is 0 Å². The molecule has 6 nitrogen and oxygen atoms in total. The number of carbonyl (C=O) groups excluding carboxylic acids is 2. The summed E-state index contributed by atoms with van der Waals surface area (Å²) in [5.74, 6) is 0.963. The Labute approximate surface area is 133 Å². The van der Waals surface area contributed by atoms with Gasteiger partial charge in [-0.2, -0.15) is 0 Å². The first-order valence-corrected chi connectivity index (χ1v) is 7.33. The fraction of sp³-hybridized carbons (Fsp3) is 0.235. The maximum absolute atomic E-state index is 12.2. The number of aromatic nitrogens is 1. The SMILES string of the molecule is O=CCC(NC(=O)c1ccccn1)c1ccc2c(c1)OCCO2. The number of fused-ring (bicyclic) bond motifs is 1. The maximum atomic E-state index is 12.2. The lowest BCUT2D eigenvalue weighted by molar-refractivity contribution is -0.108. The van der Waals surface area contributed by atoms with Crippen LogP contribution in [0.5, 0.6) is 11.5 Å². The molecule has 1 N–H and O–H groups in total. The van der Waals surface area contributed by atoms with Crippen molar-refractivity contribution in [3.05, 3.63) is 53.9 Å². The van der Waals surface area contributed by atoms with E-state index in [0.29, 0.717) is 30.4 Å². The zero-order valence-corrected chi connectivity index (χ0v) is 12.4. The largest absolute Gasteiger partial charge is 0.486 e. The van der Waals surface area contributed by atoms with Crippen molar-refractivity contribution in [3.63, 3.8) is 0 Å². The molecule has 118 valence electrons. The second-order valence-electron chi connectivity index (χ2n) is 5.05. The molecule has 1 aliphatic rings. The van der Waals surface area contributed by atoms with Crippen LogP contribution in [0.1, 0.15) is 28.5 Å². The first-order chi connectivity index (χ1) is 11.3. The van der Waals surface area contributed by atoms with Crippen molar-refractivity contribution >= 4 is 12.2 Å². The smallest absolute Gasteiger partial charge is 0.270 e. The van der Waals surface area contributed by atoms with E-state index in [9.17, 15) is 9.59 Å². The molecular formula is C17H16N2O4. The predicted octanol–water partition coefficient (Wildman–Crippen LogP) is 1.91. The Morgan fingerprint density at radius 2 is 2.04 bits per heavy atom. The van der Waals surface area contributed by atoms with Crippen LogP contribution in [0.3, 0.4) is 0 Å². The van der Waals surface area contributed by atoms with Gasteiger partial charge in [0.25, 0.3) is 5.91 Å². The lowest BCUT2D eigenvalue weighted by Gasteiger charge is -2.22. The van der Waals surface area contributed by atoms with Crippen LogP contribution in [0.4, 0.5) is 0 Å². The lowest BCUT2D eigenvalue weighted by atomic mass is 10.0. The minimum Gasteiger partial charge on any atom is -0.486 e. The molecule has 1 aromatic carbocycles. The van der Waals surface area contributed by atoms with E-state index in [1.165, 1.54) is 0 Å². The Balaban J connectivity index is 1.81. The van der Waals surface area contributed by atoms with Crippen LogP contribution in [-0.4, -0.2) is 30.4 Å². The summed E-state index contributed by atoms with van der Waals surface area (Å²) in [5.41, 5.74) is 1.09. The number of benzene rings is 1. The second-order valence-corrected chi connectivity index (χ2v) is 5.05. The Hall–Kier alpha value is -2.89. The van der Waals surface area contributed by atoms with Gasteiger partial charge in [0.15, 0.2) is 11.5 Å². The number of pyridine rings is 1. The predicted molar refractivity (Wildman–Crippen MR) is 82.6 cm³/mol. The van der Waals surface area contributed by atoms with Crippen molar-refractivity contribution < 1.29 is 19.1 Å². The first kappa shape index (κ1) is 15.0. The first-order valence-electron chi connectivity index (χ1n) is 7.33. The number of hydrogen-bond acceptors (Lipinski definition) is 5. The topological polar surface area (TPSA) is 77.5 Å². The van der Waals surface area contributed by atoms with Gasteiger partial charge in [0.05, 0.1) is 6.04 Å². The third-order valence-corrected chi connectivity index (χ3v) is 3.50. The van der Waals surface area contributed by atoms with Crippen LogP contribution in [0.15, 0.2) is 42.6 Å². The third-order valence-electron chi connectivity index (χ3n) is 3.50. The van der Waals surface area contributed by atoms with Gasteiger partial charge in [-0.05, 0) is 29.8 Å². The van der Waals surface area contributed by atoms with E-state index in [4.69, 9.17) is 9.47 Å². The van der Waals surface area contributed by atoms with E-state index in [2.05, 4.69) is 10.3 Å². The lowest BCUT2D eigenvalue weighted by Crippen LogP contribution is -2.29. The highest BCUT2D eigenvalue weighted by Crippen LogP contribution is 2.33. The molecule has 1 unspecified atom stereocenters. The number of carbonyl (C=O) groups is 2. The highest BCUT2D eigenvalue weighted by Gasteiger charge is 2.19. The van der Waals surface area contributed by atoms with Crippen molar-refractivity contribution in [1.82, 2.24) is 10.3 Å². The molecule has 6 heteroatoms. The minimum absolute atomic E-state index is 0.165. The normalized spacial score (nSPS) is 13.9. The zero-order chi connectivity index (χ0) is 16.1. The van der Waals surface area contributed by atoms with Crippen LogP contribution >= 0.6 is 0 Å². The Kier molecular flexibility index (Phi) is 4.52. The van der Waals surface area contributed by atoms with E-state index in [-0.39, 0.29) is 12.3 Å². The zero-order valence-electron chi connectivity index (χ0n) is 12.4. The van der Waals surface area contributed by atoms with E-state index >= 15 is 0 Å². The molecular weight excluding hydrogens is 296 g/mol. The van der Waals surface area contributed by atoms with Gasteiger partial charge < -0.3 is 19.6 Å². The van der Waals surface area contributed by atoms with E-state index in [1.54, 1.807) is 36.5 Å². The molecule has 0 saturated carbocycles. The molecule has 1 amide bonds. The van der Waals surface area contributed by atoms with Crippen LogP contribution in [0, 0.1) is 0 Å². The molecule has 0 aliphatic carbocycles. The highest BCUT2D eigenvalue weighted by molar-refractivity contribution is 5.92. The van der Waals surface area contributed by atoms with Gasteiger partial charge in [0, 0.05) is 12.6 Å². The average Bonchev–Trinajstić information content (AvgIpc) is 2.61. The molecule has 3 rings (SSSR count). The molecule has 0 spiro atoms. The molecule has 0 radical (unpaired) electrons. The summed E-state index contributed by atoms with van der Waals surface area (Å²) in [5, 5.41) is 2.83. The van der Waals surface area contributed by atoms with Crippen molar-refractivity contribution in [2.45, 2.75) is 12.5 Å². The molecule has 1 aliphatic heterocycles. The summed E-state index contributed by atoms with van der Waals surface area (Å²) < 4.78 is 11.0. The summed E-state index contributed by atoms with van der Waals surface area (Å²) in [7, 11) is 0. The number of aldehydes is 1. The molecule has 1 atom stereocenters. The van der Waals surface area contributed by atoms with Crippen LogP contribution < -0.4 is 14.8 Å². The van der Waals surface area contributed by atoms with Crippen molar-refractivity contribution in [1.29, 1.82) is 0 Å². The number of amides is 1. The molecule has 2 heterocycles. The third kappa shape index (κ3) is 3.48. The fourth-order valence-corrected chi connectivity index (χ4v) is 2.38. The Morgan fingerprint density at radius 3 is 2.78 bits per heavy atom. The van der Waals surface area contributed by atoms with Gasteiger partial charge in [-0.3, -0.25) is 9.78 Å². The van der Waals surface area contributed by atoms with Gasteiger partial charge in [-0.1, -0.05) is 12.1 Å². The molecule has 2 aromatic rings. The highest BCUT2D eigenvalue weighted by atomic mass is 16.6. The number of rotatable bonds is 5. The van der Waals surface area contributed by atoms with Gasteiger partial charge in [0.2, 0.25) is 0 Å². The van der Waals surface area contributed by atoms with Gasteiger partial charge >= 0.3 is 0 Å². The molecule has 0 saturated heterocycles. The van der Waals surface area contributed by atoms with Crippen LogP contribution in [-0.2, 0) is 4.79 Å². The minimum atomic E-state index is -0.446. The van der Waals surface area contributed by atoms with Gasteiger partial charge in [-0.25, -0.2) is 0 Å². The van der Waals surface area contributed by atoms with E-state index < -0.39 is 6.04 Å². The standard InChI is InChI=1S/C17H16N2O4/c20-8-6-13(19-17(21)14-3-1-2-7-18-14)12-4-5-15-16(11-12)23-10-9-22-15/h1-5,7-8,11,13H,6,9-10H2,(H,19,21). The quantitative estimate of drug-likeness (QED) is 0.853. The summed E-state index contributed by atoms with van der Waals surface area (Å²) in [6.07, 6.45) is 2.49. The molecule has 23 heavy (non-hydrogen) atoms. The number of nitrogens with zero attached hydrogens (tertiary/aromatic N) is 1. The van der Waals surface area contributed by atoms with Crippen LogP contribution in [0.25, 0.3) is 0 Å². The van der Waals surface area contributed by atoms with Gasteiger partial charge in [0.1, 0.15) is 25.2 Å². The number of nitrogens with one attached hydrogen (secondary N) is 1. The van der Waals surface area contributed by atoms with Crippen molar-refractivity contribution in [2.24, 2.45) is 0 Å². The average molecular weight is 312 g/mol. The Morgan fingerprint density at radius 1 is 1.22 bits per heavy atom. The maximum Gasteiger partial charge on any atom is 0.270 e. The fourth-order valence-electron chi connectivity index (χ4n) is 2.38. The van der Waals surface area contributed by atoms with E-state index in [0.717, 1.165) is 11.8 Å². The summed E-state index contributed by atoms with van der Waals surface area (Å²) >= 11 is 0. The van der Waals surface area contributed by atoms with Crippen molar-refractivity contribution in [3.8, 4) is 11.5 Å². The summed E-state index contributed by atoms with van der Waals surface area (Å²) in [6.45, 7) is 0.996. The Bertz CT molecular complexity index is 703. The number of hydrogen-bond donors (Lipinski definition) is 1.